The van der Waals surface area contributed by atoms with E-state index in [-0.39, 0.29) is 5.91 Å². The predicted molar refractivity (Wildman–Crippen MR) is 114 cm³/mol. The van der Waals surface area contributed by atoms with Crippen LogP contribution in [0.2, 0.25) is 5.02 Å². The first-order valence-electron chi connectivity index (χ1n) is 9.35. The molecule has 2 N–H and O–H groups in total. The molecule has 0 bridgehead atoms. The molecule has 2 aromatic rings. The molecule has 1 aliphatic heterocycles. The van der Waals surface area contributed by atoms with Crippen LogP contribution < -0.4 is 15.5 Å². The monoisotopic (exact) mass is 386 g/mol. The Hall–Kier alpha value is -2.24. The van der Waals surface area contributed by atoms with Gasteiger partial charge in [0.05, 0.1) is 0 Å². The fraction of sp³-hybridized carbons (Fsp3) is 0.381. The topological polar surface area (TPSA) is 47.6 Å². The number of rotatable bonds is 6. The number of piperazine rings is 1. The summed E-state index contributed by atoms with van der Waals surface area (Å²) >= 11 is 6.11. The Morgan fingerprint density at radius 1 is 1.07 bits per heavy atom. The number of halogens is 1. The Bertz CT molecular complexity index is 770. The number of nitrogens with zero attached hydrogens (tertiary/aromatic N) is 2. The minimum absolute atomic E-state index is 0.00507. The van der Waals surface area contributed by atoms with Gasteiger partial charge in [-0.05, 0) is 55.9 Å². The van der Waals surface area contributed by atoms with Gasteiger partial charge in [-0.15, -0.1) is 0 Å². The van der Waals surface area contributed by atoms with Crippen molar-refractivity contribution < 1.29 is 4.79 Å². The van der Waals surface area contributed by atoms with Crippen LogP contribution in [0.3, 0.4) is 0 Å². The predicted octanol–water partition coefficient (Wildman–Crippen LogP) is 3.84. The SMILES string of the molecule is Cc1c(Cl)cccc1NCCC(=O)Nc1ccc(N2CCN(C)CC2)cc1. The highest BCUT2D eigenvalue weighted by Crippen LogP contribution is 2.23. The summed E-state index contributed by atoms with van der Waals surface area (Å²) in [4.78, 5) is 16.9. The van der Waals surface area contributed by atoms with Crippen LogP contribution in [0, 0.1) is 6.92 Å². The number of likely N-dealkylation sites (N-methyl/N-ethyl adjacent to an activating group) is 1. The molecule has 0 radical (unpaired) electrons. The van der Waals surface area contributed by atoms with Crippen molar-refractivity contribution in [1.82, 2.24) is 4.90 Å². The second kappa shape index (κ2) is 9.11. The van der Waals surface area contributed by atoms with Gasteiger partial charge in [-0.2, -0.15) is 0 Å². The maximum absolute atomic E-state index is 12.2. The Labute approximate surface area is 166 Å². The summed E-state index contributed by atoms with van der Waals surface area (Å²) in [7, 11) is 2.15. The van der Waals surface area contributed by atoms with Gasteiger partial charge in [-0.3, -0.25) is 4.79 Å². The molecule has 144 valence electrons. The van der Waals surface area contributed by atoms with Crippen LogP contribution in [-0.2, 0) is 4.79 Å². The molecule has 0 atom stereocenters. The lowest BCUT2D eigenvalue weighted by atomic mass is 10.2. The average Bonchev–Trinajstić information content (AvgIpc) is 2.66. The lowest BCUT2D eigenvalue weighted by Crippen LogP contribution is -2.44. The van der Waals surface area contributed by atoms with Crippen molar-refractivity contribution in [1.29, 1.82) is 0 Å². The minimum Gasteiger partial charge on any atom is -0.384 e. The van der Waals surface area contributed by atoms with Crippen molar-refractivity contribution in [3.8, 4) is 0 Å². The third-order valence-electron chi connectivity index (χ3n) is 4.95. The first-order valence-corrected chi connectivity index (χ1v) is 9.73. The standard InChI is InChI=1S/C21H27ClN4O/c1-16-19(22)4-3-5-20(16)23-11-10-21(27)24-17-6-8-18(9-7-17)26-14-12-25(2)13-15-26/h3-9,23H,10-15H2,1-2H3,(H,24,27). The van der Waals surface area contributed by atoms with E-state index in [2.05, 4.69) is 39.6 Å². The van der Waals surface area contributed by atoms with Gasteiger partial charge in [-0.1, -0.05) is 17.7 Å². The lowest BCUT2D eigenvalue weighted by Gasteiger charge is -2.34. The molecule has 1 saturated heterocycles. The van der Waals surface area contributed by atoms with Crippen LogP contribution in [0.25, 0.3) is 0 Å². The van der Waals surface area contributed by atoms with E-state index < -0.39 is 0 Å². The molecule has 1 heterocycles. The molecule has 2 aromatic carbocycles. The maximum atomic E-state index is 12.2. The van der Waals surface area contributed by atoms with Crippen molar-refractivity contribution in [2.45, 2.75) is 13.3 Å². The van der Waals surface area contributed by atoms with Crippen LogP contribution in [0.5, 0.6) is 0 Å². The number of benzene rings is 2. The van der Waals surface area contributed by atoms with Gasteiger partial charge in [0.15, 0.2) is 0 Å². The van der Waals surface area contributed by atoms with Gasteiger partial charge in [0, 0.05) is 61.2 Å². The van der Waals surface area contributed by atoms with Crippen molar-refractivity contribution >= 4 is 34.6 Å². The van der Waals surface area contributed by atoms with Gasteiger partial charge in [0.25, 0.3) is 0 Å². The van der Waals surface area contributed by atoms with Crippen molar-refractivity contribution in [3.05, 3.63) is 53.1 Å². The van der Waals surface area contributed by atoms with Crippen LogP contribution in [0.15, 0.2) is 42.5 Å². The van der Waals surface area contributed by atoms with Gasteiger partial charge >= 0.3 is 0 Å². The number of anilines is 3. The quantitative estimate of drug-likeness (QED) is 0.791. The van der Waals surface area contributed by atoms with Gasteiger partial charge in [0.2, 0.25) is 5.91 Å². The number of carbonyl (C=O) groups is 1. The van der Waals surface area contributed by atoms with Crippen LogP contribution in [0.4, 0.5) is 17.1 Å². The van der Waals surface area contributed by atoms with E-state index in [4.69, 9.17) is 11.6 Å². The van der Waals surface area contributed by atoms with E-state index in [9.17, 15) is 4.79 Å². The van der Waals surface area contributed by atoms with E-state index >= 15 is 0 Å². The van der Waals surface area contributed by atoms with E-state index in [0.717, 1.165) is 48.1 Å². The van der Waals surface area contributed by atoms with Crippen molar-refractivity contribution in [2.75, 3.05) is 55.3 Å². The zero-order chi connectivity index (χ0) is 19.2. The molecular weight excluding hydrogens is 360 g/mol. The van der Waals surface area contributed by atoms with E-state index in [1.54, 1.807) is 0 Å². The molecule has 0 aromatic heterocycles. The summed E-state index contributed by atoms with van der Waals surface area (Å²) in [5.74, 6) is -0.00507. The summed E-state index contributed by atoms with van der Waals surface area (Å²) in [5.41, 5.74) is 4.00. The first kappa shape index (κ1) is 19.5. The Kier molecular flexibility index (Phi) is 6.58. The smallest absolute Gasteiger partial charge is 0.226 e. The summed E-state index contributed by atoms with van der Waals surface area (Å²) in [6.45, 7) is 6.77. The third-order valence-corrected chi connectivity index (χ3v) is 5.36. The van der Waals surface area contributed by atoms with E-state index in [0.29, 0.717) is 13.0 Å². The van der Waals surface area contributed by atoms with Crippen LogP contribution in [0.1, 0.15) is 12.0 Å². The molecule has 1 fully saturated rings. The second-order valence-corrected chi connectivity index (χ2v) is 7.38. The number of nitrogens with one attached hydrogen (secondary N) is 2. The lowest BCUT2D eigenvalue weighted by molar-refractivity contribution is -0.115. The Balaban J connectivity index is 1.46. The number of carbonyl (C=O) groups excluding carboxylic acids is 1. The zero-order valence-corrected chi connectivity index (χ0v) is 16.7. The highest BCUT2D eigenvalue weighted by Gasteiger charge is 2.14. The molecule has 0 spiro atoms. The Morgan fingerprint density at radius 3 is 2.48 bits per heavy atom. The number of amides is 1. The normalized spacial score (nSPS) is 14.9. The summed E-state index contributed by atoms with van der Waals surface area (Å²) in [6.07, 6.45) is 0.395. The number of hydrogen-bond acceptors (Lipinski definition) is 4. The van der Waals surface area contributed by atoms with Crippen molar-refractivity contribution in [2.24, 2.45) is 0 Å². The summed E-state index contributed by atoms with van der Waals surface area (Å²) < 4.78 is 0. The maximum Gasteiger partial charge on any atom is 0.226 e. The molecule has 0 unspecified atom stereocenters. The summed E-state index contributed by atoms with van der Waals surface area (Å²) in [6, 6.07) is 13.8. The van der Waals surface area contributed by atoms with Crippen LogP contribution in [-0.4, -0.2) is 50.6 Å². The molecule has 0 saturated carbocycles. The van der Waals surface area contributed by atoms with Gasteiger partial charge in [-0.25, -0.2) is 0 Å². The van der Waals surface area contributed by atoms with Crippen molar-refractivity contribution in [3.63, 3.8) is 0 Å². The zero-order valence-electron chi connectivity index (χ0n) is 16.0. The molecule has 1 aliphatic rings. The van der Waals surface area contributed by atoms with Gasteiger partial charge < -0.3 is 20.4 Å². The average molecular weight is 387 g/mol. The molecule has 3 rings (SSSR count). The van der Waals surface area contributed by atoms with Crippen LogP contribution >= 0.6 is 11.6 Å². The first-order chi connectivity index (χ1) is 13.0. The highest BCUT2D eigenvalue weighted by molar-refractivity contribution is 6.31. The largest absolute Gasteiger partial charge is 0.384 e. The van der Waals surface area contributed by atoms with E-state index in [1.807, 2.05) is 37.3 Å². The molecule has 1 amide bonds. The number of hydrogen-bond donors (Lipinski definition) is 2. The van der Waals surface area contributed by atoms with Gasteiger partial charge in [0.1, 0.15) is 0 Å². The fourth-order valence-corrected chi connectivity index (χ4v) is 3.33. The Morgan fingerprint density at radius 2 is 1.78 bits per heavy atom. The molecule has 27 heavy (non-hydrogen) atoms. The summed E-state index contributed by atoms with van der Waals surface area (Å²) in [5, 5.41) is 6.96. The fourth-order valence-electron chi connectivity index (χ4n) is 3.15. The molecular formula is C21H27ClN4O. The van der Waals surface area contributed by atoms with E-state index in [1.165, 1.54) is 5.69 Å². The molecule has 6 heteroatoms. The second-order valence-electron chi connectivity index (χ2n) is 6.97. The highest BCUT2D eigenvalue weighted by atomic mass is 35.5. The molecule has 0 aliphatic carbocycles. The minimum atomic E-state index is -0.00507. The molecule has 5 nitrogen and oxygen atoms in total. The third kappa shape index (κ3) is 5.37.